The SMILES string of the molecule is C=CCOC(=O)[C@H]1[C@@H]2OC3(CC2Br)C(C(=O)N(CC=C)c2ccc(Cl)cc2)N([C@@H](CO)Cc2ccccc2)C(=O)[C@H]13. The Morgan fingerprint density at radius 1 is 1.20 bits per heavy atom. The zero-order valence-electron chi connectivity index (χ0n) is 22.4. The molecule has 41 heavy (non-hydrogen) atoms. The number of alkyl halides is 1. The molecule has 2 bridgehead atoms. The summed E-state index contributed by atoms with van der Waals surface area (Å²) in [6.07, 6.45) is 3.06. The van der Waals surface area contributed by atoms with E-state index in [0.29, 0.717) is 23.6 Å². The van der Waals surface area contributed by atoms with Gasteiger partial charge in [-0.05, 0) is 42.7 Å². The molecule has 3 heterocycles. The average molecular weight is 644 g/mol. The third-order valence-corrected chi connectivity index (χ3v) is 9.31. The van der Waals surface area contributed by atoms with Gasteiger partial charge in [0.2, 0.25) is 5.91 Å². The van der Waals surface area contributed by atoms with Gasteiger partial charge in [0, 0.05) is 22.1 Å². The summed E-state index contributed by atoms with van der Waals surface area (Å²) in [4.78, 5) is 45.1. The molecule has 2 aromatic rings. The zero-order chi connectivity index (χ0) is 29.3. The van der Waals surface area contributed by atoms with E-state index in [-0.39, 0.29) is 24.6 Å². The van der Waals surface area contributed by atoms with Crippen LogP contribution in [-0.4, -0.2) is 76.2 Å². The highest BCUT2D eigenvalue weighted by Gasteiger charge is 2.77. The summed E-state index contributed by atoms with van der Waals surface area (Å²) in [5.74, 6) is -3.24. The second-order valence-electron chi connectivity index (χ2n) is 10.6. The fraction of sp³-hybridized carbons (Fsp3) is 0.387. The highest BCUT2D eigenvalue weighted by atomic mass is 79.9. The number of halogens is 2. The van der Waals surface area contributed by atoms with Crippen molar-refractivity contribution < 1.29 is 29.0 Å². The Kier molecular flexibility index (Phi) is 8.70. The van der Waals surface area contributed by atoms with Crippen molar-refractivity contribution in [2.24, 2.45) is 11.8 Å². The summed E-state index contributed by atoms with van der Waals surface area (Å²) in [6, 6.07) is 14.4. The average Bonchev–Trinajstić information content (AvgIpc) is 3.57. The first-order valence-corrected chi connectivity index (χ1v) is 14.8. The molecule has 3 aliphatic heterocycles. The van der Waals surface area contributed by atoms with Gasteiger partial charge in [-0.1, -0.05) is 76.6 Å². The zero-order valence-corrected chi connectivity index (χ0v) is 24.7. The predicted molar refractivity (Wildman–Crippen MR) is 159 cm³/mol. The number of rotatable bonds is 11. The lowest BCUT2D eigenvalue weighted by molar-refractivity contribution is -0.154. The molecule has 3 fully saturated rings. The van der Waals surface area contributed by atoms with E-state index in [0.717, 1.165) is 5.56 Å². The van der Waals surface area contributed by atoms with Crippen molar-refractivity contribution in [3.05, 3.63) is 90.5 Å². The Balaban J connectivity index is 1.61. The number of carbonyl (C=O) groups excluding carboxylic acids is 3. The van der Waals surface area contributed by atoms with E-state index in [1.807, 2.05) is 30.3 Å². The summed E-state index contributed by atoms with van der Waals surface area (Å²) in [5, 5.41) is 11.1. The third-order valence-electron chi connectivity index (χ3n) is 8.21. The van der Waals surface area contributed by atoms with Gasteiger partial charge >= 0.3 is 5.97 Å². The number of likely N-dealkylation sites (tertiary alicyclic amines) is 1. The van der Waals surface area contributed by atoms with Gasteiger partial charge in [-0.3, -0.25) is 14.4 Å². The number of nitrogens with zero attached hydrogens (tertiary/aromatic N) is 2. The third kappa shape index (κ3) is 5.14. The number of fused-ring (bicyclic) bond motifs is 1. The van der Waals surface area contributed by atoms with Gasteiger partial charge in [-0.2, -0.15) is 0 Å². The molecule has 2 aromatic carbocycles. The molecule has 2 amide bonds. The number of aliphatic hydroxyl groups is 1. The monoisotopic (exact) mass is 642 g/mol. The summed E-state index contributed by atoms with van der Waals surface area (Å²) in [6.45, 7) is 7.21. The summed E-state index contributed by atoms with van der Waals surface area (Å²) in [7, 11) is 0. The molecule has 0 radical (unpaired) electrons. The van der Waals surface area contributed by atoms with Crippen LogP contribution in [0, 0.1) is 11.8 Å². The first-order valence-electron chi connectivity index (χ1n) is 13.5. The molecule has 5 rings (SSSR count). The van der Waals surface area contributed by atoms with Gasteiger partial charge in [0.1, 0.15) is 18.2 Å². The van der Waals surface area contributed by atoms with Crippen LogP contribution in [0.3, 0.4) is 0 Å². The van der Waals surface area contributed by atoms with Gasteiger partial charge in [0.15, 0.2) is 0 Å². The standard InChI is InChI=1S/C31H32BrClN2O6/c1-3-14-34(21-12-10-20(33)11-13-21)29(38)27-31-17-23(32)26(41-31)24(30(39)40-15-4-2)25(31)28(37)35(27)22(18-36)16-19-8-6-5-7-9-19/h3-13,22-27,36H,1-2,14-18H2/t22-,23?,24-,25+,26-,27?,31?/m1/s1. The maximum atomic E-state index is 14.7. The molecule has 0 aromatic heterocycles. The lowest BCUT2D eigenvalue weighted by Crippen LogP contribution is -2.59. The Bertz CT molecular complexity index is 1320. The van der Waals surface area contributed by atoms with Crippen LogP contribution in [0.4, 0.5) is 5.69 Å². The molecule has 3 aliphatic rings. The Morgan fingerprint density at radius 3 is 2.54 bits per heavy atom. The highest BCUT2D eigenvalue weighted by Crippen LogP contribution is 2.60. The number of ether oxygens (including phenoxy) is 2. The molecule has 216 valence electrons. The van der Waals surface area contributed by atoms with Crippen molar-refractivity contribution in [3.8, 4) is 0 Å². The fourth-order valence-corrected chi connectivity index (χ4v) is 7.67. The molecule has 1 N–H and O–H groups in total. The molecular weight excluding hydrogens is 612 g/mol. The minimum absolute atomic E-state index is 0.00800. The van der Waals surface area contributed by atoms with E-state index in [9.17, 15) is 19.5 Å². The molecule has 0 aliphatic carbocycles. The lowest BCUT2D eigenvalue weighted by Gasteiger charge is -2.39. The molecular formula is C31H32BrClN2O6. The van der Waals surface area contributed by atoms with Crippen LogP contribution in [-0.2, 0) is 30.3 Å². The van der Waals surface area contributed by atoms with E-state index >= 15 is 0 Å². The first kappa shape index (κ1) is 29.5. The molecule has 0 saturated carbocycles. The topological polar surface area (TPSA) is 96.4 Å². The lowest BCUT2D eigenvalue weighted by atomic mass is 9.70. The van der Waals surface area contributed by atoms with Gasteiger partial charge in [-0.15, -0.1) is 6.58 Å². The van der Waals surface area contributed by atoms with Crippen LogP contribution in [0.2, 0.25) is 5.02 Å². The maximum absolute atomic E-state index is 14.7. The summed E-state index contributed by atoms with van der Waals surface area (Å²) in [5.41, 5.74) is 0.159. The minimum atomic E-state index is -1.30. The van der Waals surface area contributed by atoms with Gasteiger partial charge < -0.3 is 24.4 Å². The number of carbonyl (C=O) groups is 3. The number of anilines is 1. The normalized spacial score (nSPS) is 28.7. The van der Waals surface area contributed by atoms with Crippen LogP contribution in [0.25, 0.3) is 0 Å². The van der Waals surface area contributed by atoms with Crippen LogP contribution in [0.1, 0.15) is 12.0 Å². The Hall–Kier alpha value is -2.98. The van der Waals surface area contributed by atoms with Crippen molar-refractivity contribution >= 4 is 51.0 Å². The molecule has 10 heteroatoms. The second kappa shape index (κ2) is 12.1. The van der Waals surface area contributed by atoms with E-state index in [1.54, 1.807) is 30.3 Å². The second-order valence-corrected chi connectivity index (χ2v) is 12.2. The van der Waals surface area contributed by atoms with Crippen molar-refractivity contribution in [3.63, 3.8) is 0 Å². The molecule has 3 saturated heterocycles. The van der Waals surface area contributed by atoms with Crippen LogP contribution < -0.4 is 4.90 Å². The highest BCUT2D eigenvalue weighted by molar-refractivity contribution is 9.09. The van der Waals surface area contributed by atoms with Crippen molar-refractivity contribution in [1.29, 1.82) is 0 Å². The van der Waals surface area contributed by atoms with Crippen molar-refractivity contribution in [2.75, 3.05) is 24.7 Å². The molecule has 7 atom stereocenters. The largest absolute Gasteiger partial charge is 0.461 e. The first-order chi connectivity index (χ1) is 19.8. The van der Waals surface area contributed by atoms with Gasteiger partial charge in [0.05, 0.1) is 30.6 Å². The number of esters is 1. The quantitative estimate of drug-likeness (QED) is 0.227. The maximum Gasteiger partial charge on any atom is 0.312 e. The fourth-order valence-electron chi connectivity index (χ4n) is 6.60. The molecule has 3 unspecified atom stereocenters. The number of amides is 2. The summed E-state index contributed by atoms with van der Waals surface area (Å²) < 4.78 is 12.0. The Morgan fingerprint density at radius 2 is 1.90 bits per heavy atom. The van der Waals surface area contributed by atoms with E-state index in [1.165, 1.54) is 15.9 Å². The molecule has 8 nitrogen and oxygen atoms in total. The minimum Gasteiger partial charge on any atom is -0.461 e. The number of hydrogen-bond acceptors (Lipinski definition) is 6. The van der Waals surface area contributed by atoms with E-state index in [4.69, 9.17) is 21.1 Å². The van der Waals surface area contributed by atoms with Crippen molar-refractivity contribution in [2.45, 2.75) is 41.5 Å². The predicted octanol–water partition coefficient (Wildman–Crippen LogP) is 3.94. The number of hydrogen-bond donors (Lipinski definition) is 1. The van der Waals surface area contributed by atoms with Crippen LogP contribution in [0.15, 0.2) is 79.9 Å². The number of benzene rings is 2. The van der Waals surface area contributed by atoms with Crippen LogP contribution >= 0.6 is 27.5 Å². The smallest absolute Gasteiger partial charge is 0.312 e. The van der Waals surface area contributed by atoms with Gasteiger partial charge in [0.25, 0.3) is 5.91 Å². The van der Waals surface area contributed by atoms with Crippen molar-refractivity contribution in [1.82, 2.24) is 4.90 Å². The van der Waals surface area contributed by atoms with Crippen LogP contribution in [0.5, 0.6) is 0 Å². The van der Waals surface area contributed by atoms with E-state index in [2.05, 4.69) is 29.1 Å². The summed E-state index contributed by atoms with van der Waals surface area (Å²) >= 11 is 9.78. The van der Waals surface area contributed by atoms with Gasteiger partial charge in [-0.25, -0.2) is 0 Å². The van der Waals surface area contributed by atoms with E-state index < -0.39 is 53.4 Å². The Labute approximate surface area is 252 Å². The molecule has 1 spiro atoms. The number of aliphatic hydroxyl groups excluding tert-OH is 1.